The largest absolute Gasteiger partial charge is 0.270 e. The molecular weight excluding hydrogens is 205 g/mol. The number of hydrogen-bond acceptors (Lipinski definition) is 2. The van der Waals surface area contributed by atoms with Gasteiger partial charge in [0.1, 0.15) is 5.82 Å². The van der Waals surface area contributed by atoms with Gasteiger partial charge < -0.3 is 0 Å². The maximum atomic E-state index is 12.8. The van der Waals surface area contributed by atoms with Crippen molar-refractivity contribution in [1.29, 1.82) is 0 Å². The highest BCUT2D eigenvalue weighted by Crippen LogP contribution is 2.30. The molecule has 1 aliphatic heterocycles. The molecule has 1 aromatic rings. The van der Waals surface area contributed by atoms with Crippen molar-refractivity contribution in [1.82, 2.24) is 0 Å². The molecule has 2 rings (SSSR count). The zero-order chi connectivity index (χ0) is 10.3. The fourth-order valence-electron chi connectivity index (χ4n) is 1.68. The van der Waals surface area contributed by atoms with Crippen molar-refractivity contribution >= 4 is 15.7 Å². The molecule has 0 fully saturated rings. The molecule has 5 heteroatoms. The van der Waals surface area contributed by atoms with E-state index in [1.165, 1.54) is 22.5 Å². The molecule has 1 heterocycles. The van der Waals surface area contributed by atoms with Crippen molar-refractivity contribution in [2.24, 2.45) is 0 Å². The van der Waals surface area contributed by atoms with Crippen molar-refractivity contribution in [3.63, 3.8) is 0 Å². The van der Waals surface area contributed by atoms with Crippen LogP contribution in [0.5, 0.6) is 0 Å². The van der Waals surface area contributed by atoms with Crippen LogP contribution < -0.4 is 4.31 Å². The smallest absolute Gasteiger partial charge is 0.232 e. The van der Waals surface area contributed by atoms with Crippen molar-refractivity contribution in [2.75, 3.05) is 17.1 Å². The second kappa shape index (κ2) is 2.95. The lowest BCUT2D eigenvalue weighted by Crippen LogP contribution is -2.27. The van der Waals surface area contributed by atoms with E-state index in [9.17, 15) is 12.8 Å². The first-order valence-corrected chi connectivity index (χ1v) is 6.09. The molecule has 0 unspecified atom stereocenters. The van der Waals surface area contributed by atoms with Crippen molar-refractivity contribution < 1.29 is 12.8 Å². The summed E-state index contributed by atoms with van der Waals surface area (Å²) in [5, 5.41) is 0. The number of anilines is 1. The summed E-state index contributed by atoms with van der Waals surface area (Å²) in [5.74, 6) is -0.320. The number of benzene rings is 1. The Morgan fingerprint density at radius 2 is 2.14 bits per heavy atom. The van der Waals surface area contributed by atoms with Gasteiger partial charge >= 0.3 is 0 Å². The van der Waals surface area contributed by atoms with Crippen LogP contribution in [0.25, 0.3) is 0 Å². The Morgan fingerprint density at radius 1 is 1.43 bits per heavy atom. The normalized spacial score (nSPS) is 15.7. The van der Waals surface area contributed by atoms with E-state index in [4.69, 9.17) is 0 Å². The highest BCUT2D eigenvalue weighted by molar-refractivity contribution is 7.92. The van der Waals surface area contributed by atoms with Crippen LogP contribution in [0.4, 0.5) is 10.1 Å². The predicted molar refractivity (Wildman–Crippen MR) is 52.3 cm³/mol. The van der Waals surface area contributed by atoms with Gasteiger partial charge in [-0.05, 0) is 30.2 Å². The summed E-state index contributed by atoms with van der Waals surface area (Å²) in [6, 6.07) is 4.18. The van der Waals surface area contributed by atoms with E-state index in [-0.39, 0.29) is 5.82 Å². The third kappa shape index (κ3) is 1.48. The molecule has 1 aromatic carbocycles. The van der Waals surface area contributed by atoms with Gasteiger partial charge in [0.2, 0.25) is 10.0 Å². The Labute approximate surface area is 82.2 Å². The lowest BCUT2D eigenvalue weighted by molar-refractivity contribution is 0.598. The summed E-state index contributed by atoms with van der Waals surface area (Å²) in [6.45, 7) is 0.414. The molecule has 1 aliphatic rings. The van der Waals surface area contributed by atoms with E-state index in [1.54, 1.807) is 0 Å². The minimum Gasteiger partial charge on any atom is -0.270 e. The number of sulfonamides is 1. The molecule has 0 aliphatic carbocycles. The first-order valence-electron chi connectivity index (χ1n) is 4.24. The van der Waals surface area contributed by atoms with Gasteiger partial charge in [0.05, 0.1) is 11.9 Å². The predicted octanol–water partition coefficient (Wildman–Crippen LogP) is 1.15. The Balaban J connectivity index is 2.51. The second-order valence-corrected chi connectivity index (χ2v) is 5.26. The van der Waals surface area contributed by atoms with Crippen LogP contribution in [0.1, 0.15) is 5.56 Å². The average molecular weight is 215 g/mol. The van der Waals surface area contributed by atoms with Crippen LogP contribution in [-0.2, 0) is 16.4 Å². The van der Waals surface area contributed by atoms with Crippen molar-refractivity contribution in [3.8, 4) is 0 Å². The lowest BCUT2D eigenvalue weighted by Gasteiger charge is -2.15. The topological polar surface area (TPSA) is 37.4 Å². The van der Waals surface area contributed by atoms with Gasteiger partial charge in [0, 0.05) is 6.54 Å². The zero-order valence-electron chi connectivity index (χ0n) is 7.70. The van der Waals surface area contributed by atoms with Crippen LogP contribution in [0.15, 0.2) is 18.2 Å². The Hall–Kier alpha value is -1.10. The minimum absolute atomic E-state index is 0.320. The van der Waals surface area contributed by atoms with Crippen LogP contribution in [0, 0.1) is 5.82 Å². The second-order valence-electron chi connectivity index (χ2n) is 3.36. The maximum absolute atomic E-state index is 12.8. The van der Waals surface area contributed by atoms with Crippen LogP contribution in [-0.4, -0.2) is 21.2 Å². The van der Waals surface area contributed by atoms with Gasteiger partial charge in [-0.1, -0.05) is 0 Å². The molecule has 0 amide bonds. The molecule has 3 nitrogen and oxygen atoms in total. The Kier molecular flexibility index (Phi) is 1.99. The monoisotopic (exact) mass is 215 g/mol. The van der Waals surface area contributed by atoms with Gasteiger partial charge in [-0.25, -0.2) is 12.8 Å². The number of hydrogen-bond donors (Lipinski definition) is 0. The minimum atomic E-state index is -3.22. The summed E-state index contributed by atoms with van der Waals surface area (Å²) in [5.41, 5.74) is 1.37. The molecule has 14 heavy (non-hydrogen) atoms. The molecule has 0 radical (unpaired) electrons. The summed E-state index contributed by atoms with van der Waals surface area (Å²) in [6.07, 6.45) is 1.74. The molecule has 0 spiro atoms. The summed E-state index contributed by atoms with van der Waals surface area (Å²) >= 11 is 0. The molecule has 0 bridgehead atoms. The van der Waals surface area contributed by atoms with E-state index >= 15 is 0 Å². The number of rotatable bonds is 1. The summed E-state index contributed by atoms with van der Waals surface area (Å²) < 4.78 is 36.8. The highest BCUT2D eigenvalue weighted by Gasteiger charge is 2.25. The molecule has 0 N–H and O–H groups in total. The molecular formula is C9H10FNO2S. The van der Waals surface area contributed by atoms with Gasteiger partial charge in [-0.2, -0.15) is 0 Å². The van der Waals surface area contributed by atoms with Crippen LogP contribution >= 0.6 is 0 Å². The molecule has 0 atom stereocenters. The van der Waals surface area contributed by atoms with Crippen molar-refractivity contribution in [3.05, 3.63) is 29.6 Å². The van der Waals surface area contributed by atoms with Crippen molar-refractivity contribution in [2.45, 2.75) is 6.42 Å². The number of fused-ring (bicyclic) bond motifs is 1. The standard InChI is InChI=1S/C9H10FNO2S/c1-14(12,13)11-5-4-7-6-8(10)2-3-9(7)11/h2-3,6H,4-5H2,1H3. The maximum Gasteiger partial charge on any atom is 0.232 e. The van der Waals surface area contributed by atoms with Gasteiger partial charge in [0.25, 0.3) is 0 Å². The third-order valence-electron chi connectivity index (χ3n) is 2.29. The van der Waals surface area contributed by atoms with Gasteiger partial charge in [0.15, 0.2) is 0 Å². The quantitative estimate of drug-likeness (QED) is 0.704. The van der Waals surface area contributed by atoms with Crippen LogP contribution in [0.3, 0.4) is 0 Å². The first-order chi connectivity index (χ1) is 6.48. The third-order valence-corrected chi connectivity index (χ3v) is 3.47. The summed E-state index contributed by atoms with van der Waals surface area (Å²) in [4.78, 5) is 0. The highest BCUT2D eigenvalue weighted by atomic mass is 32.2. The van der Waals surface area contributed by atoms with E-state index in [2.05, 4.69) is 0 Å². The SMILES string of the molecule is CS(=O)(=O)N1CCc2cc(F)ccc21. The Bertz CT molecular complexity index is 470. The zero-order valence-corrected chi connectivity index (χ0v) is 8.51. The number of halogens is 1. The average Bonchev–Trinajstić information content (AvgIpc) is 2.45. The lowest BCUT2D eigenvalue weighted by atomic mass is 10.2. The Morgan fingerprint density at radius 3 is 2.79 bits per heavy atom. The van der Waals surface area contributed by atoms with E-state index in [1.807, 2.05) is 0 Å². The van der Waals surface area contributed by atoms with Crippen LogP contribution in [0.2, 0.25) is 0 Å². The number of nitrogens with zero attached hydrogens (tertiary/aromatic N) is 1. The molecule has 0 saturated heterocycles. The van der Waals surface area contributed by atoms with E-state index in [0.717, 1.165) is 11.8 Å². The van der Waals surface area contributed by atoms with E-state index < -0.39 is 10.0 Å². The molecule has 76 valence electrons. The fraction of sp³-hybridized carbons (Fsp3) is 0.333. The van der Waals surface area contributed by atoms with Gasteiger partial charge in [-0.15, -0.1) is 0 Å². The summed E-state index contributed by atoms with van der Waals surface area (Å²) in [7, 11) is -3.22. The van der Waals surface area contributed by atoms with E-state index in [0.29, 0.717) is 18.7 Å². The van der Waals surface area contributed by atoms with Gasteiger partial charge in [-0.3, -0.25) is 4.31 Å². The fourth-order valence-corrected chi connectivity index (χ4v) is 2.64. The molecule has 0 saturated carbocycles. The first kappa shape index (κ1) is 9.45. The molecule has 0 aromatic heterocycles.